The minimum atomic E-state index is -0.0958. The van der Waals surface area contributed by atoms with Crippen LogP contribution < -0.4 is 15.8 Å². The Morgan fingerprint density at radius 3 is 2.63 bits per heavy atom. The van der Waals surface area contributed by atoms with Crippen LogP contribution in [-0.2, 0) is 4.79 Å². The number of benzene rings is 2. The molecule has 1 amide bonds. The average molecular weight is 256 g/mol. The SMILES string of the molecule is Nc1cccc(NC(=O)CCOc2ccccc2)c1. The van der Waals surface area contributed by atoms with E-state index in [9.17, 15) is 4.79 Å². The van der Waals surface area contributed by atoms with Gasteiger partial charge in [-0.25, -0.2) is 0 Å². The summed E-state index contributed by atoms with van der Waals surface area (Å²) in [6.07, 6.45) is 0.295. The lowest BCUT2D eigenvalue weighted by atomic mass is 10.3. The van der Waals surface area contributed by atoms with Crippen LogP contribution in [0.15, 0.2) is 54.6 Å². The zero-order valence-electron chi connectivity index (χ0n) is 10.5. The number of carbonyl (C=O) groups is 1. The van der Waals surface area contributed by atoms with Crippen LogP contribution in [0.4, 0.5) is 11.4 Å². The third-order valence-corrected chi connectivity index (χ3v) is 2.51. The Labute approximate surface area is 112 Å². The summed E-state index contributed by atoms with van der Waals surface area (Å²) in [6.45, 7) is 0.345. The fraction of sp³-hybridized carbons (Fsp3) is 0.133. The zero-order chi connectivity index (χ0) is 13.5. The van der Waals surface area contributed by atoms with E-state index in [0.29, 0.717) is 24.4 Å². The largest absolute Gasteiger partial charge is 0.493 e. The Balaban J connectivity index is 1.76. The molecular formula is C15H16N2O2. The van der Waals surface area contributed by atoms with E-state index in [4.69, 9.17) is 10.5 Å². The minimum Gasteiger partial charge on any atom is -0.493 e. The number of hydrogen-bond acceptors (Lipinski definition) is 3. The van der Waals surface area contributed by atoms with Crippen molar-refractivity contribution in [1.82, 2.24) is 0 Å². The Kier molecular flexibility index (Phi) is 4.39. The lowest BCUT2D eigenvalue weighted by Gasteiger charge is -2.07. The Morgan fingerprint density at radius 2 is 1.89 bits per heavy atom. The lowest BCUT2D eigenvalue weighted by molar-refractivity contribution is -0.116. The van der Waals surface area contributed by atoms with Gasteiger partial charge >= 0.3 is 0 Å². The molecule has 0 aliphatic heterocycles. The topological polar surface area (TPSA) is 64.3 Å². The Bertz CT molecular complexity index is 541. The van der Waals surface area contributed by atoms with E-state index >= 15 is 0 Å². The van der Waals surface area contributed by atoms with E-state index in [2.05, 4.69) is 5.32 Å². The summed E-state index contributed by atoms with van der Waals surface area (Å²) in [5.74, 6) is 0.667. The van der Waals surface area contributed by atoms with E-state index in [0.717, 1.165) is 5.75 Å². The molecule has 4 nitrogen and oxygen atoms in total. The molecule has 0 atom stereocenters. The highest BCUT2D eigenvalue weighted by Gasteiger charge is 2.03. The molecule has 0 unspecified atom stereocenters. The molecule has 0 saturated carbocycles. The molecule has 3 N–H and O–H groups in total. The molecule has 0 bridgehead atoms. The van der Waals surface area contributed by atoms with Gasteiger partial charge < -0.3 is 15.8 Å². The Morgan fingerprint density at radius 1 is 1.11 bits per heavy atom. The highest BCUT2D eigenvalue weighted by molar-refractivity contribution is 5.91. The molecule has 4 heteroatoms. The van der Waals surface area contributed by atoms with Gasteiger partial charge in [0.05, 0.1) is 13.0 Å². The summed E-state index contributed by atoms with van der Waals surface area (Å²) in [5, 5.41) is 2.77. The molecule has 0 radical (unpaired) electrons. The molecule has 2 rings (SSSR count). The number of anilines is 2. The van der Waals surface area contributed by atoms with Gasteiger partial charge in [-0.2, -0.15) is 0 Å². The highest BCUT2D eigenvalue weighted by Crippen LogP contribution is 2.12. The summed E-state index contributed by atoms with van der Waals surface area (Å²) in [5.41, 5.74) is 6.96. The van der Waals surface area contributed by atoms with Crippen LogP contribution in [0.5, 0.6) is 5.75 Å². The third-order valence-electron chi connectivity index (χ3n) is 2.51. The molecular weight excluding hydrogens is 240 g/mol. The second-order valence-electron chi connectivity index (χ2n) is 4.09. The summed E-state index contributed by atoms with van der Waals surface area (Å²) in [7, 11) is 0. The van der Waals surface area contributed by atoms with E-state index in [1.165, 1.54) is 0 Å². The van der Waals surface area contributed by atoms with Gasteiger partial charge in [0.15, 0.2) is 0 Å². The van der Waals surface area contributed by atoms with Crippen LogP contribution in [0.2, 0.25) is 0 Å². The number of para-hydroxylation sites is 1. The minimum absolute atomic E-state index is 0.0958. The molecule has 2 aromatic rings. The molecule has 19 heavy (non-hydrogen) atoms. The van der Waals surface area contributed by atoms with Gasteiger partial charge in [-0.1, -0.05) is 24.3 Å². The summed E-state index contributed by atoms with van der Waals surface area (Å²) in [4.78, 5) is 11.7. The molecule has 0 spiro atoms. The summed E-state index contributed by atoms with van der Waals surface area (Å²) in [6, 6.07) is 16.5. The van der Waals surface area contributed by atoms with Crippen molar-refractivity contribution in [1.29, 1.82) is 0 Å². The molecule has 98 valence electrons. The predicted octanol–water partition coefficient (Wildman–Crippen LogP) is 2.68. The smallest absolute Gasteiger partial charge is 0.227 e. The number of rotatable bonds is 5. The van der Waals surface area contributed by atoms with Gasteiger partial charge in [0.2, 0.25) is 5.91 Å². The quantitative estimate of drug-likeness (QED) is 0.808. The summed E-state index contributed by atoms with van der Waals surface area (Å²) >= 11 is 0. The summed E-state index contributed by atoms with van der Waals surface area (Å²) < 4.78 is 5.45. The van der Waals surface area contributed by atoms with Crippen molar-refractivity contribution in [3.05, 3.63) is 54.6 Å². The predicted molar refractivity (Wildman–Crippen MR) is 76.0 cm³/mol. The van der Waals surface area contributed by atoms with E-state index in [1.807, 2.05) is 30.3 Å². The molecule has 0 aromatic heterocycles. The van der Waals surface area contributed by atoms with E-state index in [1.54, 1.807) is 24.3 Å². The van der Waals surface area contributed by atoms with Crippen LogP contribution >= 0.6 is 0 Å². The van der Waals surface area contributed by atoms with Gasteiger partial charge in [-0.15, -0.1) is 0 Å². The lowest BCUT2D eigenvalue weighted by Crippen LogP contribution is -2.15. The van der Waals surface area contributed by atoms with Crippen molar-refractivity contribution < 1.29 is 9.53 Å². The molecule has 2 aromatic carbocycles. The van der Waals surface area contributed by atoms with Crippen molar-refractivity contribution in [2.75, 3.05) is 17.7 Å². The van der Waals surface area contributed by atoms with E-state index < -0.39 is 0 Å². The van der Waals surface area contributed by atoms with Gasteiger partial charge in [0.1, 0.15) is 5.75 Å². The monoisotopic (exact) mass is 256 g/mol. The fourth-order valence-corrected chi connectivity index (χ4v) is 1.62. The number of amides is 1. The normalized spacial score (nSPS) is 9.89. The third kappa shape index (κ3) is 4.35. The van der Waals surface area contributed by atoms with Crippen molar-refractivity contribution in [2.45, 2.75) is 6.42 Å². The molecule has 0 aliphatic carbocycles. The number of nitrogens with one attached hydrogen (secondary N) is 1. The first kappa shape index (κ1) is 13.0. The first-order chi connectivity index (χ1) is 9.24. The molecule has 0 aliphatic rings. The second-order valence-corrected chi connectivity index (χ2v) is 4.09. The fourth-order valence-electron chi connectivity index (χ4n) is 1.62. The van der Waals surface area contributed by atoms with Crippen LogP contribution in [-0.4, -0.2) is 12.5 Å². The standard InChI is InChI=1S/C15H16N2O2/c16-12-5-4-6-13(11-12)17-15(18)9-10-19-14-7-2-1-3-8-14/h1-8,11H,9-10,16H2,(H,17,18). The van der Waals surface area contributed by atoms with Crippen molar-refractivity contribution in [3.63, 3.8) is 0 Å². The van der Waals surface area contributed by atoms with Gasteiger partial charge in [0, 0.05) is 11.4 Å². The van der Waals surface area contributed by atoms with Crippen LogP contribution in [0.3, 0.4) is 0 Å². The maximum atomic E-state index is 11.7. The zero-order valence-corrected chi connectivity index (χ0v) is 10.5. The molecule has 0 saturated heterocycles. The maximum absolute atomic E-state index is 11.7. The van der Waals surface area contributed by atoms with Crippen LogP contribution in [0.25, 0.3) is 0 Å². The number of ether oxygens (including phenoxy) is 1. The second kappa shape index (κ2) is 6.44. The van der Waals surface area contributed by atoms with Gasteiger partial charge in [-0.05, 0) is 30.3 Å². The number of nitrogen functional groups attached to an aromatic ring is 1. The number of carbonyl (C=O) groups excluding carboxylic acids is 1. The molecule has 0 fully saturated rings. The maximum Gasteiger partial charge on any atom is 0.227 e. The van der Waals surface area contributed by atoms with Gasteiger partial charge in [-0.3, -0.25) is 4.79 Å². The highest BCUT2D eigenvalue weighted by atomic mass is 16.5. The Hall–Kier alpha value is -2.49. The van der Waals surface area contributed by atoms with Crippen molar-refractivity contribution in [3.8, 4) is 5.75 Å². The van der Waals surface area contributed by atoms with Crippen molar-refractivity contribution >= 4 is 17.3 Å². The van der Waals surface area contributed by atoms with E-state index in [-0.39, 0.29) is 5.91 Å². The van der Waals surface area contributed by atoms with Crippen molar-refractivity contribution in [2.24, 2.45) is 0 Å². The number of hydrogen-bond donors (Lipinski definition) is 2. The first-order valence-corrected chi connectivity index (χ1v) is 6.07. The van der Waals surface area contributed by atoms with Crippen LogP contribution in [0, 0.1) is 0 Å². The first-order valence-electron chi connectivity index (χ1n) is 6.07. The van der Waals surface area contributed by atoms with Gasteiger partial charge in [0.25, 0.3) is 0 Å². The molecule has 0 heterocycles. The number of nitrogens with two attached hydrogens (primary N) is 1. The van der Waals surface area contributed by atoms with Crippen LogP contribution in [0.1, 0.15) is 6.42 Å². The average Bonchev–Trinajstić information content (AvgIpc) is 2.40.